The summed E-state index contributed by atoms with van der Waals surface area (Å²) in [5, 5.41) is 0. The van der Waals surface area contributed by atoms with Gasteiger partial charge in [0.15, 0.2) is 0 Å². The summed E-state index contributed by atoms with van der Waals surface area (Å²) in [5.74, 6) is 1.85. The second-order valence-electron chi connectivity index (χ2n) is 6.20. The van der Waals surface area contributed by atoms with Crippen molar-refractivity contribution in [2.24, 2.45) is 11.8 Å². The number of hydrogen-bond donors (Lipinski definition) is 0. The van der Waals surface area contributed by atoms with Gasteiger partial charge in [-0.15, -0.1) is 0 Å². The van der Waals surface area contributed by atoms with Gasteiger partial charge in [0.2, 0.25) is 0 Å². The SMILES string of the molecule is CC(C)[C@@H]1CC2CCCCC2N1C(C)C. The average Bonchev–Trinajstić information content (AvgIpc) is 2.56. The van der Waals surface area contributed by atoms with Crippen LogP contribution in [0.3, 0.4) is 0 Å². The van der Waals surface area contributed by atoms with Crippen molar-refractivity contribution >= 4 is 0 Å². The van der Waals surface area contributed by atoms with Crippen LogP contribution in [0.1, 0.15) is 59.8 Å². The van der Waals surface area contributed by atoms with E-state index >= 15 is 0 Å². The van der Waals surface area contributed by atoms with Gasteiger partial charge in [-0.25, -0.2) is 0 Å². The van der Waals surface area contributed by atoms with Gasteiger partial charge in [0.05, 0.1) is 0 Å². The summed E-state index contributed by atoms with van der Waals surface area (Å²) < 4.78 is 0. The Labute approximate surface area is 95.2 Å². The topological polar surface area (TPSA) is 3.24 Å². The molecule has 3 atom stereocenters. The molecule has 2 rings (SSSR count). The lowest BCUT2D eigenvalue weighted by Gasteiger charge is -2.38. The molecule has 0 aromatic rings. The molecule has 15 heavy (non-hydrogen) atoms. The van der Waals surface area contributed by atoms with Crippen molar-refractivity contribution in [1.29, 1.82) is 0 Å². The Morgan fingerprint density at radius 3 is 2.27 bits per heavy atom. The molecular weight excluding hydrogens is 182 g/mol. The predicted octanol–water partition coefficient (Wildman–Crippen LogP) is 3.68. The van der Waals surface area contributed by atoms with Crippen LogP contribution in [0.15, 0.2) is 0 Å². The fraction of sp³-hybridized carbons (Fsp3) is 1.00. The molecule has 0 N–H and O–H groups in total. The van der Waals surface area contributed by atoms with Crippen molar-refractivity contribution in [3.8, 4) is 0 Å². The van der Waals surface area contributed by atoms with E-state index in [0.29, 0.717) is 0 Å². The van der Waals surface area contributed by atoms with E-state index in [2.05, 4.69) is 32.6 Å². The summed E-state index contributed by atoms with van der Waals surface area (Å²) in [6, 6.07) is 2.52. The molecule has 2 unspecified atom stereocenters. The molecule has 1 heterocycles. The second kappa shape index (κ2) is 4.45. The van der Waals surface area contributed by atoms with Gasteiger partial charge in [0.1, 0.15) is 0 Å². The standard InChI is InChI=1S/C14H27N/c1-10(2)14-9-12-7-5-6-8-13(12)15(14)11(3)4/h10-14H,5-9H2,1-4H3/t12?,13?,14-/m0/s1. The van der Waals surface area contributed by atoms with Crippen molar-refractivity contribution in [2.75, 3.05) is 0 Å². The molecule has 0 spiro atoms. The Kier molecular flexibility index (Phi) is 3.39. The molecular formula is C14H27N. The van der Waals surface area contributed by atoms with Gasteiger partial charge in [-0.1, -0.05) is 26.7 Å². The van der Waals surface area contributed by atoms with Gasteiger partial charge in [0.25, 0.3) is 0 Å². The van der Waals surface area contributed by atoms with Crippen LogP contribution >= 0.6 is 0 Å². The van der Waals surface area contributed by atoms with E-state index in [1.807, 2.05) is 0 Å². The molecule has 1 aliphatic carbocycles. The normalized spacial score (nSPS) is 37.6. The van der Waals surface area contributed by atoms with Gasteiger partial charge in [-0.3, -0.25) is 4.90 Å². The minimum atomic E-state index is 0.741. The predicted molar refractivity (Wildman–Crippen MR) is 66.0 cm³/mol. The Hall–Kier alpha value is -0.0400. The van der Waals surface area contributed by atoms with E-state index in [0.717, 1.165) is 30.0 Å². The Morgan fingerprint density at radius 2 is 1.67 bits per heavy atom. The largest absolute Gasteiger partial charge is 0.295 e. The monoisotopic (exact) mass is 209 g/mol. The van der Waals surface area contributed by atoms with Gasteiger partial charge in [-0.05, 0) is 44.9 Å². The maximum absolute atomic E-state index is 2.84. The Balaban J connectivity index is 2.14. The molecule has 1 heteroatoms. The highest BCUT2D eigenvalue weighted by Gasteiger charge is 2.43. The number of likely N-dealkylation sites (tertiary alicyclic amines) is 1. The molecule has 1 nitrogen and oxygen atoms in total. The van der Waals surface area contributed by atoms with Crippen LogP contribution in [0, 0.1) is 11.8 Å². The first-order valence-corrected chi connectivity index (χ1v) is 6.88. The Bertz CT molecular complexity index is 207. The zero-order valence-electron chi connectivity index (χ0n) is 10.9. The van der Waals surface area contributed by atoms with Crippen molar-refractivity contribution in [1.82, 2.24) is 4.90 Å². The van der Waals surface area contributed by atoms with Crippen molar-refractivity contribution in [3.63, 3.8) is 0 Å². The van der Waals surface area contributed by atoms with Crippen LogP contribution < -0.4 is 0 Å². The summed E-state index contributed by atoms with van der Waals surface area (Å²) in [5.41, 5.74) is 0. The van der Waals surface area contributed by atoms with E-state index in [-0.39, 0.29) is 0 Å². The first-order chi connectivity index (χ1) is 7.11. The van der Waals surface area contributed by atoms with Crippen LogP contribution in [0.2, 0.25) is 0 Å². The molecule has 2 fully saturated rings. The Morgan fingerprint density at radius 1 is 1.00 bits per heavy atom. The zero-order valence-corrected chi connectivity index (χ0v) is 10.9. The second-order valence-corrected chi connectivity index (χ2v) is 6.20. The minimum absolute atomic E-state index is 0.741. The summed E-state index contributed by atoms with van der Waals surface area (Å²) >= 11 is 0. The summed E-state index contributed by atoms with van der Waals surface area (Å²) in [4.78, 5) is 2.84. The molecule has 88 valence electrons. The molecule has 1 saturated carbocycles. The van der Waals surface area contributed by atoms with Crippen LogP contribution in [-0.2, 0) is 0 Å². The van der Waals surface area contributed by atoms with Gasteiger partial charge in [-0.2, -0.15) is 0 Å². The lowest BCUT2D eigenvalue weighted by molar-refractivity contribution is 0.0958. The third-order valence-corrected chi connectivity index (χ3v) is 4.54. The van der Waals surface area contributed by atoms with Crippen molar-refractivity contribution < 1.29 is 0 Å². The molecule has 0 aromatic carbocycles. The smallest absolute Gasteiger partial charge is 0.0130 e. The molecule has 0 bridgehead atoms. The highest BCUT2D eigenvalue weighted by atomic mass is 15.2. The molecule has 2 aliphatic rings. The van der Waals surface area contributed by atoms with Crippen LogP contribution in [0.4, 0.5) is 0 Å². The maximum Gasteiger partial charge on any atom is 0.0130 e. The summed E-state index contributed by atoms with van der Waals surface area (Å²) in [7, 11) is 0. The lowest BCUT2D eigenvalue weighted by atomic mass is 9.84. The van der Waals surface area contributed by atoms with Gasteiger partial charge in [0, 0.05) is 18.1 Å². The highest BCUT2D eigenvalue weighted by Crippen LogP contribution is 2.42. The maximum atomic E-state index is 2.84. The number of fused-ring (bicyclic) bond motifs is 1. The molecule has 0 aromatic heterocycles. The first-order valence-electron chi connectivity index (χ1n) is 6.88. The summed E-state index contributed by atoms with van der Waals surface area (Å²) in [6.45, 7) is 9.56. The van der Waals surface area contributed by atoms with Gasteiger partial charge >= 0.3 is 0 Å². The van der Waals surface area contributed by atoms with E-state index < -0.39 is 0 Å². The average molecular weight is 209 g/mol. The highest BCUT2D eigenvalue weighted by molar-refractivity contribution is 4.97. The quantitative estimate of drug-likeness (QED) is 0.670. The first kappa shape index (κ1) is 11.4. The minimum Gasteiger partial charge on any atom is -0.295 e. The van der Waals surface area contributed by atoms with Gasteiger partial charge < -0.3 is 0 Å². The van der Waals surface area contributed by atoms with Crippen molar-refractivity contribution in [3.05, 3.63) is 0 Å². The van der Waals surface area contributed by atoms with E-state index in [1.165, 1.54) is 32.1 Å². The molecule has 1 aliphatic heterocycles. The molecule has 0 amide bonds. The van der Waals surface area contributed by atoms with E-state index in [4.69, 9.17) is 0 Å². The number of nitrogens with zero attached hydrogens (tertiary/aromatic N) is 1. The van der Waals surface area contributed by atoms with Crippen molar-refractivity contribution in [2.45, 2.75) is 77.9 Å². The summed E-state index contributed by atoms with van der Waals surface area (Å²) in [6.07, 6.45) is 7.39. The fourth-order valence-corrected chi connectivity index (χ4v) is 3.92. The third kappa shape index (κ3) is 2.08. The van der Waals surface area contributed by atoms with Crippen LogP contribution in [0.25, 0.3) is 0 Å². The molecule has 0 radical (unpaired) electrons. The fourth-order valence-electron chi connectivity index (χ4n) is 3.92. The van der Waals surface area contributed by atoms with E-state index in [9.17, 15) is 0 Å². The third-order valence-electron chi connectivity index (χ3n) is 4.54. The number of rotatable bonds is 2. The lowest BCUT2D eigenvalue weighted by Crippen LogP contribution is -2.45. The molecule has 1 saturated heterocycles. The number of hydrogen-bond acceptors (Lipinski definition) is 1. The van der Waals surface area contributed by atoms with Crippen LogP contribution in [-0.4, -0.2) is 23.0 Å². The van der Waals surface area contributed by atoms with E-state index in [1.54, 1.807) is 0 Å². The zero-order chi connectivity index (χ0) is 11.0. The van der Waals surface area contributed by atoms with Crippen LogP contribution in [0.5, 0.6) is 0 Å².